The van der Waals surface area contributed by atoms with Crippen LogP contribution in [0.4, 0.5) is 17.1 Å². The van der Waals surface area contributed by atoms with E-state index in [2.05, 4.69) is 32.9 Å². The fourth-order valence-corrected chi connectivity index (χ4v) is 1.77. The van der Waals surface area contributed by atoms with Gasteiger partial charge in [0.05, 0.1) is 27.3 Å². The zero-order valence-electron chi connectivity index (χ0n) is 11.9. The summed E-state index contributed by atoms with van der Waals surface area (Å²) in [5, 5.41) is 27.7. The van der Waals surface area contributed by atoms with Crippen LogP contribution in [0.5, 0.6) is 0 Å². The van der Waals surface area contributed by atoms with Crippen molar-refractivity contribution in [3.8, 4) is 0 Å². The highest BCUT2D eigenvalue weighted by Gasteiger charge is 2.19. The van der Waals surface area contributed by atoms with E-state index in [4.69, 9.17) is 4.42 Å². The Morgan fingerprint density at radius 3 is 2.71 bits per heavy atom. The van der Waals surface area contributed by atoms with Gasteiger partial charge in [-0.25, -0.2) is 4.99 Å². The van der Waals surface area contributed by atoms with Gasteiger partial charge in [-0.05, 0) is 30.4 Å². The Morgan fingerprint density at radius 1 is 1.25 bits per heavy atom. The summed E-state index contributed by atoms with van der Waals surface area (Å²) in [6.45, 7) is 0.249. The lowest BCUT2D eigenvalue weighted by Crippen LogP contribution is -1.98. The van der Waals surface area contributed by atoms with E-state index in [9.17, 15) is 20.2 Å². The molecule has 10 nitrogen and oxygen atoms in total. The van der Waals surface area contributed by atoms with Gasteiger partial charge in [-0.3, -0.25) is 25.7 Å². The highest BCUT2D eigenvalue weighted by Crippen LogP contribution is 2.28. The zero-order valence-corrected chi connectivity index (χ0v) is 12.7. The summed E-state index contributed by atoms with van der Waals surface area (Å²) in [6, 6.07) is 6.50. The van der Waals surface area contributed by atoms with Crippen molar-refractivity contribution in [3.05, 3.63) is 62.1 Å². The molecule has 0 radical (unpaired) electrons. The lowest BCUT2D eigenvalue weighted by atomic mass is 10.2. The number of nitrogens with one attached hydrogen (secondary N) is 1. The van der Waals surface area contributed by atoms with Crippen LogP contribution in [0.15, 0.2) is 44.8 Å². The Balaban J connectivity index is 2.13. The molecule has 0 spiro atoms. The average molecular weight is 347 g/mol. The van der Waals surface area contributed by atoms with Crippen molar-refractivity contribution in [2.75, 3.05) is 5.43 Å². The third-order valence-corrected chi connectivity index (χ3v) is 2.88. The number of isothiocyanates is 1. The van der Waals surface area contributed by atoms with E-state index < -0.39 is 15.5 Å². The summed E-state index contributed by atoms with van der Waals surface area (Å²) in [4.78, 5) is 23.9. The molecule has 0 bridgehead atoms. The molecular formula is C13H9N5O5S. The molecule has 0 atom stereocenters. The first-order valence-electron chi connectivity index (χ1n) is 6.35. The van der Waals surface area contributed by atoms with E-state index in [0.717, 1.165) is 12.1 Å². The summed E-state index contributed by atoms with van der Waals surface area (Å²) in [5.41, 5.74) is 1.62. The Kier molecular flexibility index (Phi) is 5.45. The first kappa shape index (κ1) is 16.9. The molecule has 0 aliphatic carbocycles. The highest BCUT2D eigenvalue weighted by molar-refractivity contribution is 7.78. The maximum atomic E-state index is 11.0. The Hall–Kier alpha value is -3.43. The lowest BCUT2D eigenvalue weighted by Gasteiger charge is -2.01. The van der Waals surface area contributed by atoms with Crippen molar-refractivity contribution in [3.63, 3.8) is 0 Å². The molecule has 2 aromatic rings. The second kappa shape index (κ2) is 7.72. The van der Waals surface area contributed by atoms with Gasteiger partial charge in [0.1, 0.15) is 23.8 Å². The third-order valence-electron chi connectivity index (χ3n) is 2.75. The average Bonchev–Trinajstić information content (AvgIpc) is 3.00. The van der Waals surface area contributed by atoms with Crippen LogP contribution in [0.1, 0.15) is 11.5 Å². The molecule has 1 aromatic heterocycles. The second-order valence-electron chi connectivity index (χ2n) is 4.30. The summed E-state index contributed by atoms with van der Waals surface area (Å²) in [7, 11) is 0. The van der Waals surface area contributed by atoms with Gasteiger partial charge >= 0.3 is 5.69 Å². The van der Waals surface area contributed by atoms with Crippen LogP contribution < -0.4 is 5.43 Å². The van der Waals surface area contributed by atoms with Gasteiger partial charge in [0.15, 0.2) is 0 Å². The molecule has 1 aromatic carbocycles. The van der Waals surface area contributed by atoms with Gasteiger partial charge in [-0.15, -0.1) is 0 Å². The molecule has 0 aliphatic rings. The summed E-state index contributed by atoms with van der Waals surface area (Å²) >= 11 is 4.45. The van der Waals surface area contributed by atoms with Gasteiger partial charge in [0.2, 0.25) is 0 Å². The number of nitro groups is 2. The number of nitro benzene ring substituents is 2. The molecule has 0 fully saturated rings. The molecule has 2 rings (SSSR count). The number of anilines is 1. The number of hydrogen-bond donors (Lipinski definition) is 1. The van der Waals surface area contributed by atoms with Crippen molar-refractivity contribution >= 4 is 40.7 Å². The number of rotatable bonds is 7. The predicted octanol–water partition coefficient (Wildman–Crippen LogP) is 3.14. The molecule has 122 valence electrons. The molecule has 0 unspecified atom stereocenters. The molecule has 0 amide bonds. The second-order valence-corrected chi connectivity index (χ2v) is 4.48. The van der Waals surface area contributed by atoms with Crippen molar-refractivity contribution in [1.82, 2.24) is 0 Å². The smallest absolute Gasteiger partial charge is 0.301 e. The summed E-state index contributed by atoms with van der Waals surface area (Å²) in [5.74, 6) is 0.941. The van der Waals surface area contributed by atoms with Gasteiger partial charge in [0, 0.05) is 6.07 Å². The lowest BCUT2D eigenvalue weighted by molar-refractivity contribution is -0.393. The third kappa shape index (κ3) is 4.29. The number of furan rings is 1. The van der Waals surface area contributed by atoms with E-state index in [1.54, 1.807) is 12.1 Å². The normalized spacial score (nSPS) is 10.3. The minimum atomic E-state index is -0.737. The molecule has 0 saturated carbocycles. The maximum Gasteiger partial charge on any atom is 0.301 e. The Morgan fingerprint density at radius 2 is 2.04 bits per heavy atom. The number of nitrogens with zero attached hydrogens (tertiary/aromatic N) is 4. The summed E-state index contributed by atoms with van der Waals surface area (Å²) in [6.07, 6.45) is 1.30. The van der Waals surface area contributed by atoms with Gasteiger partial charge < -0.3 is 4.42 Å². The molecule has 11 heteroatoms. The largest absolute Gasteiger partial charge is 0.458 e. The Labute approximate surface area is 139 Å². The first-order chi connectivity index (χ1) is 11.5. The molecular weight excluding hydrogens is 338 g/mol. The van der Waals surface area contributed by atoms with Crippen LogP contribution in [-0.2, 0) is 6.54 Å². The highest BCUT2D eigenvalue weighted by atomic mass is 32.1. The quantitative estimate of drug-likeness (QED) is 0.351. The van der Waals surface area contributed by atoms with Gasteiger partial charge in [0.25, 0.3) is 5.69 Å². The predicted molar refractivity (Wildman–Crippen MR) is 88.4 cm³/mol. The molecule has 0 aliphatic heterocycles. The van der Waals surface area contributed by atoms with Crippen LogP contribution in [0.2, 0.25) is 0 Å². The number of hydrazone groups is 1. The van der Waals surface area contributed by atoms with Crippen LogP contribution in [0.3, 0.4) is 0 Å². The zero-order chi connectivity index (χ0) is 17.5. The molecule has 1 N–H and O–H groups in total. The molecule has 0 saturated heterocycles. The molecule has 1 heterocycles. The van der Waals surface area contributed by atoms with E-state index in [1.165, 1.54) is 12.3 Å². The summed E-state index contributed by atoms with van der Waals surface area (Å²) < 4.78 is 5.36. The van der Waals surface area contributed by atoms with E-state index in [-0.39, 0.29) is 17.9 Å². The first-order valence-corrected chi connectivity index (χ1v) is 6.76. The van der Waals surface area contributed by atoms with Crippen LogP contribution >= 0.6 is 12.2 Å². The van der Waals surface area contributed by atoms with Crippen molar-refractivity contribution < 1.29 is 14.3 Å². The van der Waals surface area contributed by atoms with Gasteiger partial charge in [-0.1, -0.05) is 0 Å². The van der Waals surface area contributed by atoms with E-state index >= 15 is 0 Å². The SMILES string of the molecule is O=[N+]([O-])c1ccc(N/N=C/c2ccc(CN=C=S)o2)c([N+](=O)[O-])c1. The van der Waals surface area contributed by atoms with E-state index in [1.807, 2.05) is 0 Å². The fourth-order valence-electron chi connectivity index (χ4n) is 1.70. The number of benzene rings is 1. The van der Waals surface area contributed by atoms with Crippen LogP contribution in [0, 0.1) is 20.2 Å². The van der Waals surface area contributed by atoms with E-state index in [0.29, 0.717) is 11.5 Å². The Bertz CT molecular complexity index is 856. The fraction of sp³-hybridized carbons (Fsp3) is 0.0769. The van der Waals surface area contributed by atoms with Crippen molar-refractivity contribution in [1.29, 1.82) is 0 Å². The standard InChI is InChI=1S/C13H9N5O5S/c19-17(20)9-1-4-12(13(5-9)18(21)22)16-15-7-11-3-2-10(23-11)6-14-8-24/h1-5,7,16H,6H2/b15-7+. The molecule has 24 heavy (non-hydrogen) atoms. The van der Waals surface area contributed by atoms with Crippen molar-refractivity contribution in [2.45, 2.75) is 6.54 Å². The number of hydrogen-bond acceptors (Lipinski definition) is 9. The maximum absolute atomic E-state index is 11.0. The topological polar surface area (TPSA) is 136 Å². The van der Waals surface area contributed by atoms with Gasteiger partial charge in [-0.2, -0.15) is 5.10 Å². The van der Waals surface area contributed by atoms with Crippen molar-refractivity contribution in [2.24, 2.45) is 10.1 Å². The number of aliphatic imine (C=N–C) groups is 1. The monoisotopic (exact) mass is 347 g/mol. The van der Waals surface area contributed by atoms with Crippen LogP contribution in [-0.4, -0.2) is 21.2 Å². The number of thiocarbonyl (C=S) groups is 1. The van der Waals surface area contributed by atoms with Crippen LogP contribution in [0.25, 0.3) is 0 Å². The minimum Gasteiger partial charge on any atom is -0.458 e. The number of non-ortho nitro benzene ring substituents is 1. The minimum absolute atomic E-state index is 0.0129.